The zero-order valence-corrected chi connectivity index (χ0v) is 17.1. The summed E-state index contributed by atoms with van der Waals surface area (Å²) in [5.74, 6) is 2.99. The van der Waals surface area contributed by atoms with Crippen LogP contribution in [0.3, 0.4) is 0 Å². The van der Waals surface area contributed by atoms with E-state index in [1.165, 1.54) is 22.3 Å². The first-order valence-electron chi connectivity index (χ1n) is 9.56. The van der Waals surface area contributed by atoms with Crippen molar-refractivity contribution >= 4 is 0 Å². The summed E-state index contributed by atoms with van der Waals surface area (Å²) in [7, 11) is 5.13. The van der Waals surface area contributed by atoms with Gasteiger partial charge >= 0.3 is 0 Å². The molecule has 0 amide bonds. The van der Waals surface area contributed by atoms with Gasteiger partial charge in [-0.05, 0) is 72.4 Å². The number of ether oxygens (including phenoxy) is 3. The average Bonchev–Trinajstić information content (AvgIpc) is 2.75. The van der Waals surface area contributed by atoms with Gasteiger partial charge in [0.1, 0.15) is 17.2 Å². The van der Waals surface area contributed by atoms with Crippen LogP contribution in [0, 0.1) is 6.92 Å². The number of hydrogen-bond donors (Lipinski definition) is 0. The number of benzene rings is 3. The van der Waals surface area contributed by atoms with Crippen LogP contribution in [-0.4, -0.2) is 21.3 Å². The van der Waals surface area contributed by atoms with Crippen LogP contribution in [0.25, 0.3) is 0 Å². The maximum absolute atomic E-state index is 5.60. The maximum atomic E-state index is 5.60. The van der Waals surface area contributed by atoms with Crippen LogP contribution in [0.4, 0.5) is 0 Å². The van der Waals surface area contributed by atoms with Gasteiger partial charge in [-0.3, -0.25) is 0 Å². The smallest absolute Gasteiger partial charge is 0.122 e. The number of rotatable bonds is 8. The monoisotopic (exact) mass is 376 g/mol. The third kappa shape index (κ3) is 4.48. The molecule has 0 aliphatic heterocycles. The Morgan fingerprint density at radius 1 is 0.679 bits per heavy atom. The molecule has 3 rings (SSSR count). The third-order valence-electron chi connectivity index (χ3n) is 5.31. The summed E-state index contributed by atoms with van der Waals surface area (Å²) in [6.07, 6.45) is 1.93. The first-order valence-corrected chi connectivity index (χ1v) is 9.56. The Labute approximate surface area is 167 Å². The van der Waals surface area contributed by atoms with Crippen LogP contribution in [0.2, 0.25) is 0 Å². The van der Waals surface area contributed by atoms with Crippen molar-refractivity contribution in [3.8, 4) is 17.2 Å². The molecule has 0 aliphatic carbocycles. The molecule has 3 aromatic carbocycles. The summed E-state index contributed by atoms with van der Waals surface area (Å²) in [5, 5.41) is 0. The molecule has 0 fully saturated rings. The maximum Gasteiger partial charge on any atom is 0.122 e. The van der Waals surface area contributed by atoms with Crippen LogP contribution < -0.4 is 14.2 Å². The largest absolute Gasteiger partial charge is 0.497 e. The normalized spacial score (nSPS) is 10.8. The molecule has 146 valence electrons. The van der Waals surface area contributed by atoms with Gasteiger partial charge in [-0.15, -0.1) is 0 Å². The van der Waals surface area contributed by atoms with Crippen molar-refractivity contribution < 1.29 is 14.2 Å². The molecule has 0 atom stereocenters. The molecular weight excluding hydrogens is 348 g/mol. The molecule has 3 aromatic rings. The molecular formula is C25H28O3. The van der Waals surface area contributed by atoms with Crippen molar-refractivity contribution in [3.05, 3.63) is 89.0 Å². The van der Waals surface area contributed by atoms with Crippen molar-refractivity contribution in [2.45, 2.75) is 25.7 Å². The van der Waals surface area contributed by atoms with E-state index < -0.39 is 0 Å². The molecule has 0 spiro atoms. The van der Waals surface area contributed by atoms with Gasteiger partial charge in [0.25, 0.3) is 0 Å². The molecule has 0 aromatic heterocycles. The van der Waals surface area contributed by atoms with Crippen molar-refractivity contribution in [1.29, 1.82) is 0 Å². The lowest BCUT2D eigenvalue weighted by Crippen LogP contribution is -2.05. The van der Waals surface area contributed by atoms with Gasteiger partial charge in [0.15, 0.2) is 0 Å². The SMILES string of the molecule is COc1ccc(C(CCc2c(C)cccc2OC)c2ccc(OC)cc2)cc1. The summed E-state index contributed by atoms with van der Waals surface area (Å²) in [6, 6.07) is 23.0. The van der Waals surface area contributed by atoms with E-state index in [1.54, 1.807) is 21.3 Å². The molecule has 0 N–H and O–H groups in total. The van der Waals surface area contributed by atoms with E-state index in [0.29, 0.717) is 0 Å². The van der Waals surface area contributed by atoms with Crippen LogP contribution in [0.1, 0.15) is 34.6 Å². The zero-order valence-electron chi connectivity index (χ0n) is 17.1. The standard InChI is InChI=1S/C25H28O3/c1-18-6-5-7-25(28-4)23(18)16-17-24(19-8-12-21(26-2)13-9-19)20-10-14-22(27-3)15-11-20/h5-15,24H,16-17H2,1-4H3. The van der Waals surface area contributed by atoms with Crippen LogP contribution in [0.5, 0.6) is 17.2 Å². The topological polar surface area (TPSA) is 27.7 Å². The minimum absolute atomic E-state index is 0.279. The fraction of sp³-hybridized carbons (Fsp3) is 0.280. The fourth-order valence-electron chi connectivity index (χ4n) is 3.67. The second-order valence-corrected chi connectivity index (χ2v) is 6.89. The lowest BCUT2D eigenvalue weighted by molar-refractivity contribution is 0.408. The Morgan fingerprint density at radius 2 is 1.21 bits per heavy atom. The molecule has 0 radical (unpaired) electrons. The molecule has 0 saturated carbocycles. The second kappa shape index (κ2) is 9.32. The van der Waals surface area contributed by atoms with E-state index in [1.807, 2.05) is 36.4 Å². The summed E-state index contributed by atoms with van der Waals surface area (Å²) in [4.78, 5) is 0. The molecule has 28 heavy (non-hydrogen) atoms. The van der Waals surface area contributed by atoms with E-state index in [4.69, 9.17) is 14.2 Å². The summed E-state index contributed by atoms with van der Waals surface area (Å²) in [5.41, 5.74) is 5.09. The lowest BCUT2D eigenvalue weighted by Gasteiger charge is -2.20. The van der Waals surface area contributed by atoms with E-state index in [9.17, 15) is 0 Å². The van der Waals surface area contributed by atoms with Crippen molar-refractivity contribution in [2.24, 2.45) is 0 Å². The first-order chi connectivity index (χ1) is 13.7. The molecule has 0 bridgehead atoms. The summed E-state index contributed by atoms with van der Waals surface area (Å²) < 4.78 is 16.3. The van der Waals surface area contributed by atoms with Crippen LogP contribution >= 0.6 is 0 Å². The van der Waals surface area contributed by atoms with Gasteiger partial charge in [0.2, 0.25) is 0 Å². The highest BCUT2D eigenvalue weighted by Crippen LogP contribution is 2.33. The summed E-state index contributed by atoms with van der Waals surface area (Å²) in [6.45, 7) is 2.15. The summed E-state index contributed by atoms with van der Waals surface area (Å²) >= 11 is 0. The van der Waals surface area contributed by atoms with Crippen LogP contribution in [0.15, 0.2) is 66.7 Å². The highest BCUT2D eigenvalue weighted by atomic mass is 16.5. The highest BCUT2D eigenvalue weighted by molar-refractivity contribution is 5.42. The van der Waals surface area contributed by atoms with Gasteiger partial charge in [0.05, 0.1) is 21.3 Å². The zero-order chi connectivity index (χ0) is 19.9. The fourth-order valence-corrected chi connectivity index (χ4v) is 3.67. The van der Waals surface area contributed by atoms with E-state index in [0.717, 1.165) is 30.1 Å². The Hall–Kier alpha value is -2.94. The highest BCUT2D eigenvalue weighted by Gasteiger charge is 2.17. The van der Waals surface area contributed by atoms with E-state index in [-0.39, 0.29) is 5.92 Å². The molecule has 3 heteroatoms. The third-order valence-corrected chi connectivity index (χ3v) is 5.31. The quantitative estimate of drug-likeness (QED) is 0.498. The predicted octanol–water partition coefficient (Wildman–Crippen LogP) is 5.79. The van der Waals surface area contributed by atoms with Crippen LogP contribution in [-0.2, 0) is 6.42 Å². The van der Waals surface area contributed by atoms with Gasteiger partial charge in [0, 0.05) is 5.92 Å². The molecule has 0 aliphatic rings. The van der Waals surface area contributed by atoms with Crippen molar-refractivity contribution in [1.82, 2.24) is 0 Å². The van der Waals surface area contributed by atoms with E-state index in [2.05, 4.69) is 37.3 Å². The van der Waals surface area contributed by atoms with Gasteiger partial charge < -0.3 is 14.2 Å². The molecule has 0 heterocycles. The Kier molecular flexibility index (Phi) is 6.59. The number of aryl methyl sites for hydroxylation is 1. The minimum Gasteiger partial charge on any atom is -0.497 e. The van der Waals surface area contributed by atoms with Crippen molar-refractivity contribution in [3.63, 3.8) is 0 Å². The molecule has 0 saturated heterocycles. The average molecular weight is 376 g/mol. The Morgan fingerprint density at radius 3 is 1.68 bits per heavy atom. The van der Waals surface area contributed by atoms with Gasteiger partial charge in [-0.25, -0.2) is 0 Å². The van der Waals surface area contributed by atoms with Gasteiger partial charge in [-0.1, -0.05) is 36.4 Å². The first kappa shape index (κ1) is 19.8. The van der Waals surface area contributed by atoms with Crippen molar-refractivity contribution in [2.75, 3.05) is 21.3 Å². The lowest BCUT2D eigenvalue weighted by atomic mass is 9.85. The Balaban J connectivity index is 1.91. The molecule has 0 unspecified atom stereocenters. The Bertz CT molecular complexity index is 835. The number of methoxy groups -OCH3 is 3. The predicted molar refractivity (Wildman–Crippen MR) is 114 cm³/mol. The minimum atomic E-state index is 0.279. The van der Waals surface area contributed by atoms with E-state index >= 15 is 0 Å². The molecule has 3 nitrogen and oxygen atoms in total. The second-order valence-electron chi connectivity index (χ2n) is 6.89. The van der Waals surface area contributed by atoms with Gasteiger partial charge in [-0.2, -0.15) is 0 Å². The number of hydrogen-bond acceptors (Lipinski definition) is 3.